The van der Waals surface area contributed by atoms with Gasteiger partial charge in [0.15, 0.2) is 0 Å². The second-order valence-electron chi connectivity index (χ2n) is 5.11. The lowest BCUT2D eigenvalue weighted by molar-refractivity contribution is -0.122. The number of ketones is 1. The normalized spacial score (nSPS) is 22.4. The highest BCUT2D eigenvalue weighted by Crippen LogP contribution is 2.24. The first-order valence-corrected chi connectivity index (χ1v) is 7.51. The quantitative estimate of drug-likeness (QED) is 0.867. The predicted octanol–water partition coefficient (Wildman–Crippen LogP) is 1.60. The molecule has 1 aromatic rings. The first-order chi connectivity index (χ1) is 9.58. The van der Waals surface area contributed by atoms with Crippen LogP contribution in [0.25, 0.3) is 0 Å². The number of Topliss-reactive ketones (excluding diaryl/α,β-unsaturated/α-hetero) is 1. The summed E-state index contributed by atoms with van der Waals surface area (Å²) in [7, 11) is 0. The fourth-order valence-corrected chi connectivity index (χ4v) is 2.87. The van der Waals surface area contributed by atoms with E-state index in [1.54, 1.807) is 0 Å². The molecule has 2 atom stereocenters. The lowest BCUT2D eigenvalue weighted by Gasteiger charge is -2.17. The number of nitrogens with one attached hydrogen (secondary N) is 1. The zero-order valence-electron chi connectivity index (χ0n) is 12.3. The Labute approximate surface area is 124 Å². The van der Waals surface area contributed by atoms with Crippen LogP contribution in [-0.4, -0.2) is 41.4 Å². The Balaban J connectivity index is 2.11. The van der Waals surface area contributed by atoms with Gasteiger partial charge in [0, 0.05) is 12.6 Å². The molecule has 0 bridgehead atoms. The van der Waals surface area contributed by atoms with Crippen molar-refractivity contribution in [1.82, 2.24) is 15.1 Å². The Morgan fingerprint density at radius 2 is 2.25 bits per heavy atom. The number of aryl methyl sites for hydroxylation is 2. The average molecular weight is 300 g/mol. The molecule has 0 spiro atoms. The number of likely N-dealkylation sites (N-methyl/N-ethyl adjacent to an activating group) is 1. The molecule has 0 saturated carbocycles. The minimum atomic E-state index is -0.0912. The van der Waals surface area contributed by atoms with Crippen molar-refractivity contribution < 1.29 is 9.53 Å². The number of hydrogen-bond donors (Lipinski definition) is 1. The van der Waals surface area contributed by atoms with Crippen LogP contribution in [0.15, 0.2) is 0 Å². The van der Waals surface area contributed by atoms with Gasteiger partial charge in [-0.05, 0) is 20.4 Å². The van der Waals surface area contributed by atoms with Gasteiger partial charge in [-0.15, -0.1) is 0 Å². The molecule has 112 valence electrons. The third kappa shape index (κ3) is 3.05. The number of carbonyl (C=O) groups excluding carboxylic acids is 1. The standard InChI is InChI=1S/C14H22ClN3O2/c1-4-16-11-8-20-7-10(11)13(19)6-12-14(15)9(3)17-18(12)5-2/h10-11,16H,4-8H2,1-3H3. The van der Waals surface area contributed by atoms with Crippen molar-refractivity contribution in [3.63, 3.8) is 0 Å². The summed E-state index contributed by atoms with van der Waals surface area (Å²) in [4.78, 5) is 12.5. The van der Waals surface area contributed by atoms with E-state index in [9.17, 15) is 4.79 Å². The van der Waals surface area contributed by atoms with E-state index in [-0.39, 0.29) is 17.7 Å². The number of ether oxygens (including phenoxy) is 1. The monoisotopic (exact) mass is 299 g/mol. The molecule has 1 saturated heterocycles. The topological polar surface area (TPSA) is 56.1 Å². The van der Waals surface area contributed by atoms with E-state index in [0.717, 1.165) is 17.9 Å². The van der Waals surface area contributed by atoms with E-state index in [2.05, 4.69) is 10.4 Å². The molecule has 0 aromatic carbocycles. The summed E-state index contributed by atoms with van der Waals surface area (Å²) in [5.74, 6) is 0.0801. The number of rotatable bonds is 6. The van der Waals surface area contributed by atoms with Gasteiger partial charge in [-0.1, -0.05) is 18.5 Å². The van der Waals surface area contributed by atoms with E-state index in [0.29, 0.717) is 31.2 Å². The molecule has 5 nitrogen and oxygen atoms in total. The molecule has 6 heteroatoms. The average Bonchev–Trinajstić information content (AvgIpc) is 2.99. The zero-order chi connectivity index (χ0) is 14.7. The van der Waals surface area contributed by atoms with Crippen LogP contribution in [0.3, 0.4) is 0 Å². The molecule has 1 aromatic heterocycles. The van der Waals surface area contributed by atoms with Crippen molar-refractivity contribution in [2.75, 3.05) is 19.8 Å². The lowest BCUT2D eigenvalue weighted by atomic mass is 9.95. The third-order valence-corrected chi connectivity index (χ3v) is 4.25. The van der Waals surface area contributed by atoms with Crippen molar-refractivity contribution >= 4 is 17.4 Å². The van der Waals surface area contributed by atoms with Crippen LogP contribution in [0.2, 0.25) is 5.02 Å². The van der Waals surface area contributed by atoms with Crippen LogP contribution < -0.4 is 5.32 Å². The molecule has 1 N–H and O–H groups in total. The summed E-state index contributed by atoms with van der Waals surface area (Å²) in [6.45, 7) is 8.54. The van der Waals surface area contributed by atoms with E-state index in [4.69, 9.17) is 16.3 Å². The molecule has 1 aliphatic heterocycles. The highest BCUT2D eigenvalue weighted by atomic mass is 35.5. The molecule has 20 heavy (non-hydrogen) atoms. The first-order valence-electron chi connectivity index (χ1n) is 7.14. The van der Waals surface area contributed by atoms with E-state index in [1.165, 1.54) is 0 Å². The Morgan fingerprint density at radius 3 is 2.90 bits per heavy atom. The van der Waals surface area contributed by atoms with Crippen LogP contribution in [0.4, 0.5) is 0 Å². The summed E-state index contributed by atoms with van der Waals surface area (Å²) in [5.41, 5.74) is 1.60. The highest BCUT2D eigenvalue weighted by Gasteiger charge is 2.34. The Kier molecular flexibility index (Phi) is 5.18. The Bertz CT molecular complexity index is 487. The van der Waals surface area contributed by atoms with E-state index < -0.39 is 0 Å². The minimum Gasteiger partial charge on any atom is -0.379 e. The van der Waals surface area contributed by atoms with Gasteiger partial charge in [0.1, 0.15) is 5.78 Å². The molecule has 2 rings (SSSR count). The summed E-state index contributed by atoms with van der Waals surface area (Å²) in [6, 6.07) is 0.116. The summed E-state index contributed by atoms with van der Waals surface area (Å²) in [6.07, 6.45) is 0.323. The van der Waals surface area contributed by atoms with E-state index in [1.807, 2.05) is 25.5 Å². The molecule has 2 heterocycles. The van der Waals surface area contributed by atoms with E-state index >= 15 is 0 Å². The fraction of sp³-hybridized carbons (Fsp3) is 0.714. The van der Waals surface area contributed by atoms with Crippen LogP contribution in [0.5, 0.6) is 0 Å². The summed E-state index contributed by atoms with van der Waals surface area (Å²) in [5, 5.41) is 8.27. The van der Waals surface area contributed by atoms with Gasteiger partial charge in [-0.3, -0.25) is 9.48 Å². The molecule has 0 aliphatic carbocycles. The molecule has 1 aliphatic rings. The smallest absolute Gasteiger partial charge is 0.145 e. The van der Waals surface area contributed by atoms with Crippen molar-refractivity contribution in [3.8, 4) is 0 Å². The van der Waals surface area contributed by atoms with Gasteiger partial charge < -0.3 is 10.1 Å². The van der Waals surface area contributed by atoms with Crippen LogP contribution >= 0.6 is 11.6 Å². The second-order valence-corrected chi connectivity index (χ2v) is 5.49. The minimum absolute atomic E-state index is 0.0912. The molecular formula is C14H22ClN3O2. The van der Waals surface area contributed by atoms with Crippen LogP contribution in [0.1, 0.15) is 25.2 Å². The fourth-order valence-electron chi connectivity index (χ4n) is 2.67. The number of carbonyl (C=O) groups is 1. The Hall–Kier alpha value is -0.910. The van der Waals surface area contributed by atoms with Crippen LogP contribution in [0, 0.1) is 12.8 Å². The van der Waals surface area contributed by atoms with Gasteiger partial charge in [-0.25, -0.2) is 0 Å². The van der Waals surface area contributed by atoms with Gasteiger partial charge in [0.2, 0.25) is 0 Å². The summed E-state index contributed by atoms with van der Waals surface area (Å²) >= 11 is 6.26. The number of halogens is 1. The van der Waals surface area contributed by atoms with Crippen molar-refractivity contribution in [2.45, 2.75) is 39.8 Å². The molecule has 1 fully saturated rings. The van der Waals surface area contributed by atoms with Crippen molar-refractivity contribution in [3.05, 3.63) is 16.4 Å². The van der Waals surface area contributed by atoms with Gasteiger partial charge in [0.05, 0.1) is 42.0 Å². The number of hydrogen-bond acceptors (Lipinski definition) is 4. The third-order valence-electron chi connectivity index (χ3n) is 3.75. The summed E-state index contributed by atoms with van der Waals surface area (Å²) < 4.78 is 7.25. The molecule has 0 radical (unpaired) electrons. The predicted molar refractivity (Wildman–Crippen MR) is 78.1 cm³/mol. The number of aromatic nitrogens is 2. The maximum absolute atomic E-state index is 12.5. The largest absolute Gasteiger partial charge is 0.379 e. The zero-order valence-corrected chi connectivity index (χ0v) is 13.0. The van der Waals surface area contributed by atoms with Gasteiger partial charge >= 0.3 is 0 Å². The maximum atomic E-state index is 12.5. The SMILES string of the molecule is CCNC1COCC1C(=O)Cc1c(Cl)c(C)nn1CC. The maximum Gasteiger partial charge on any atom is 0.145 e. The van der Waals surface area contributed by atoms with Crippen LogP contribution in [-0.2, 0) is 22.5 Å². The molecule has 0 amide bonds. The second kappa shape index (κ2) is 6.70. The van der Waals surface area contributed by atoms with Crippen molar-refractivity contribution in [1.29, 1.82) is 0 Å². The number of nitrogens with zero attached hydrogens (tertiary/aromatic N) is 2. The van der Waals surface area contributed by atoms with Crippen molar-refractivity contribution in [2.24, 2.45) is 5.92 Å². The Morgan fingerprint density at radius 1 is 1.50 bits per heavy atom. The first kappa shape index (κ1) is 15.5. The van der Waals surface area contributed by atoms with Gasteiger partial charge in [0.25, 0.3) is 0 Å². The van der Waals surface area contributed by atoms with Gasteiger partial charge in [-0.2, -0.15) is 5.10 Å². The lowest BCUT2D eigenvalue weighted by Crippen LogP contribution is -2.39. The highest BCUT2D eigenvalue weighted by molar-refractivity contribution is 6.32. The molecule has 2 unspecified atom stereocenters. The molecular weight excluding hydrogens is 278 g/mol.